The summed E-state index contributed by atoms with van der Waals surface area (Å²) in [6.07, 6.45) is 5.18. The Balaban J connectivity index is 2.61. The van der Waals surface area contributed by atoms with Crippen LogP contribution in [0.25, 0.3) is 0 Å². The van der Waals surface area contributed by atoms with Crippen LogP contribution in [0.3, 0.4) is 0 Å². The monoisotopic (exact) mass is 247 g/mol. The molecule has 1 atom stereocenters. The third-order valence-electron chi connectivity index (χ3n) is 3.37. The number of aryl methyl sites for hydroxylation is 1. The predicted octanol–water partition coefficient (Wildman–Crippen LogP) is 4.40. The van der Waals surface area contributed by atoms with E-state index < -0.39 is 0 Å². The Morgan fingerprint density at radius 3 is 2.67 bits per heavy atom. The van der Waals surface area contributed by atoms with Crippen molar-refractivity contribution in [3.05, 3.63) is 29.8 Å². The van der Waals surface area contributed by atoms with E-state index in [1.807, 2.05) is 12.1 Å². The molecule has 1 N–H and O–H groups in total. The molecule has 1 amide bonds. The van der Waals surface area contributed by atoms with Crippen LogP contribution in [0.15, 0.2) is 24.3 Å². The first-order valence-electron chi connectivity index (χ1n) is 7.11. The van der Waals surface area contributed by atoms with Crippen molar-refractivity contribution < 1.29 is 4.79 Å². The highest BCUT2D eigenvalue weighted by molar-refractivity contribution is 5.92. The maximum absolute atomic E-state index is 12.1. The summed E-state index contributed by atoms with van der Waals surface area (Å²) in [6, 6.07) is 8.11. The first-order valence-corrected chi connectivity index (χ1v) is 7.11. The van der Waals surface area contributed by atoms with Gasteiger partial charge in [-0.05, 0) is 37.0 Å². The highest BCUT2D eigenvalue weighted by atomic mass is 16.1. The number of carbonyl (C=O) groups excluding carboxylic acids is 1. The summed E-state index contributed by atoms with van der Waals surface area (Å²) in [7, 11) is 0. The molecule has 2 heteroatoms. The number of amides is 1. The third kappa shape index (κ3) is 4.52. The molecule has 0 spiro atoms. The molecule has 0 aliphatic carbocycles. The van der Waals surface area contributed by atoms with Crippen LogP contribution in [0.2, 0.25) is 0 Å². The van der Waals surface area contributed by atoms with Gasteiger partial charge in [0, 0.05) is 11.6 Å². The van der Waals surface area contributed by atoms with Crippen molar-refractivity contribution in [3.63, 3.8) is 0 Å². The molecule has 0 aromatic heterocycles. The third-order valence-corrected chi connectivity index (χ3v) is 3.37. The summed E-state index contributed by atoms with van der Waals surface area (Å²) < 4.78 is 0. The van der Waals surface area contributed by atoms with Crippen molar-refractivity contribution in [1.29, 1.82) is 0 Å². The lowest BCUT2D eigenvalue weighted by Gasteiger charge is -2.15. The van der Waals surface area contributed by atoms with Gasteiger partial charge in [-0.15, -0.1) is 0 Å². The van der Waals surface area contributed by atoms with E-state index in [9.17, 15) is 4.79 Å². The van der Waals surface area contributed by atoms with E-state index in [-0.39, 0.29) is 11.8 Å². The largest absolute Gasteiger partial charge is 0.326 e. The van der Waals surface area contributed by atoms with Crippen molar-refractivity contribution in [1.82, 2.24) is 0 Å². The van der Waals surface area contributed by atoms with Gasteiger partial charge in [-0.2, -0.15) is 0 Å². The Hall–Kier alpha value is -1.31. The Bertz CT molecular complexity index is 373. The molecular formula is C16H25NO. The van der Waals surface area contributed by atoms with Crippen LogP contribution >= 0.6 is 0 Å². The zero-order valence-corrected chi connectivity index (χ0v) is 11.8. The maximum Gasteiger partial charge on any atom is 0.227 e. The molecule has 0 aliphatic rings. The number of hydrogen-bond donors (Lipinski definition) is 1. The van der Waals surface area contributed by atoms with Gasteiger partial charge < -0.3 is 5.32 Å². The van der Waals surface area contributed by atoms with Gasteiger partial charge in [0.15, 0.2) is 0 Å². The van der Waals surface area contributed by atoms with E-state index in [0.29, 0.717) is 0 Å². The molecule has 0 heterocycles. The normalized spacial score (nSPS) is 12.2. The zero-order chi connectivity index (χ0) is 13.4. The number of nitrogens with one attached hydrogen (secondary N) is 1. The van der Waals surface area contributed by atoms with E-state index >= 15 is 0 Å². The molecule has 18 heavy (non-hydrogen) atoms. The SMILES string of the molecule is CCCC[C@H](CC)C(=O)Nc1cccc(CC)c1. The van der Waals surface area contributed by atoms with Crippen molar-refractivity contribution in [2.45, 2.75) is 52.9 Å². The molecule has 0 aliphatic heterocycles. The fourth-order valence-electron chi connectivity index (χ4n) is 2.08. The van der Waals surface area contributed by atoms with Crippen LogP contribution in [0, 0.1) is 5.92 Å². The van der Waals surface area contributed by atoms with Gasteiger partial charge in [0.25, 0.3) is 0 Å². The Labute approximate surface area is 111 Å². The number of carbonyl (C=O) groups is 1. The van der Waals surface area contributed by atoms with Crippen LogP contribution in [-0.2, 0) is 11.2 Å². The van der Waals surface area contributed by atoms with Crippen LogP contribution in [0.1, 0.15) is 52.0 Å². The molecular weight excluding hydrogens is 222 g/mol. The van der Waals surface area contributed by atoms with Crippen LogP contribution in [-0.4, -0.2) is 5.91 Å². The van der Waals surface area contributed by atoms with Gasteiger partial charge in [0.2, 0.25) is 5.91 Å². The van der Waals surface area contributed by atoms with Gasteiger partial charge >= 0.3 is 0 Å². The number of anilines is 1. The summed E-state index contributed by atoms with van der Waals surface area (Å²) in [4.78, 5) is 12.1. The molecule has 0 saturated carbocycles. The summed E-state index contributed by atoms with van der Waals surface area (Å²) in [5, 5.41) is 3.04. The zero-order valence-electron chi connectivity index (χ0n) is 11.8. The molecule has 1 rings (SSSR count). The van der Waals surface area contributed by atoms with Crippen LogP contribution in [0.4, 0.5) is 5.69 Å². The van der Waals surface area contributed by atoms with Gasteiger partial charge in [-0.25, -0.2) is 0 Å². The molecule has 0 radical (unpaired) electrons. The highest BCUT2D eigenvalue weighted by Crippen LogP contribution is 2.17. The number of unbranched alkanes of at least 4 members (excludes halogenated alkanes) is 1. The van der Waals surface area contributed by atoms with Gasteiger partial charge in [-0.1, -0.05) is 45.7 Å². The van der Waals surface area contributed by atoms with Gasteiger partial charge in [0.05, 0.1) is 0 Å². The summed E-state index contributed by atoms with van der Waals surface area (Å²) in [5.41, 5.74) is 2.18. The quantitative estimate of drug-likeness (QED) is 0.760. The fraction of sp³-hybridized carbons (Fsp3) is 0.562. The van der Waals surface area contributed by atoms with Crippen LogP contribution < -0.4 is 5.32 Å². The highest BCUT2D eigenvalue weighted by Gasteiger charge is 2.15. The topological polar surface area (TPSA) is 29.1 Å². The Morgan fingerprint density at radius 1 is 1.28 bits per heavy atom. The van der Waals surface area contributed by atoms with Crippen molar-refractivity contribution >= 4 is 11.6 Å². The van der Waals surface area contributed by atoms with Crippen molar-refractivity contribution in [2.24, 2.45) is 5.92 Å². The summed E-state index contributed by atoms with van der Waals surface area (Å²) >= 11 is 0. The molecule has 0 bridgehead atoms. The second kappa shape index (κ2) is 7.91. The predicted molar refractivity (Wildman–Crippen MR) is 77.8 cm³/mol. The second-order valence-corrected chi connectivity index (χ2v) is 4.79. The molecule has 100 valence electrons. The lowest BCUT2D eigenvalue weighted by molar-refractivity contribution is -0.120. The number of hydrogen-bond acceptors (Lipinski definition) is 1. The average molecular weight is 247 g/mol. The first-order chi connectivity index (χ1) is 8.71. The van der Waals surface area contributed by atoms with Gasteiger partial charge in [0.1, 0.15) is 0 Å². The number of benzene rings is 1. The molecule has 1 aromatic carbocycles. The van der Waals surface area contributed by atoms with E-state index in [4.69, 9.17) is 0 Å². The lowest BCUT2D eigenvalue weighted by Crippen LogP contribution is -2.22. The minimum Gasteiger partial charge on any atom is -0.326 e. The van der Waals surface area contributed by atoms with Crippen molar-refractivity contribution in [2.75, 3.05) is 5.32 Å². The minimum atomic E-state index is 0.148. The van der Waals surface area contributed by atoms with Gasteiger partial charge in [-0.3, -0.25) is 4.79 Å². The average Bonchev–Trinajstić information content (AvgIpc) is 2.40. The first kappa shape index (κ1) is 14.7. The molecule has 0 saturated heterocycles. The second-order valence-electron chi connectivity index (χ2n) is 4.79. The number of rotatable bonds is 7. The maximum atomic E-state index is 12.1. The molecule has 1 aromatic rings. The van der Waals surface area contributed by atoms with E-state index in [0.717, 1.165) is 37.8 Å². The molecule has 2 nitrogen and oxygen atoms in total. The Kier molecular flexibility index (Phi) is 6.48. The Morgan fingerprint density at radius 2 is 2.06 bits per heavy atom. The smallest absolute Gasteiger partial charge is 0.227 e. The van der Waals surface area contributed by atoms with Crippen molar-refractivity contribution in [3.8, 4) is 0 Å². The molecule has 0 unspecified atom stereocenters. The summed E-state index contributed by atoms with van der Waals surface area (Å²) in [5.74, 6) is 0.314. The van der Waals surface area contributed by atoms with E-state index in [1.54, 1.807) is 0 Å². The standard InChI is InChI=1S/C16H25NO/c1-4-7-10-14(6-3)16(18)17-15-11-8-9-13(5-2)12-15/h8-9,11-12,14H,4-7,10H2,1-3H3,(H,17,18)/t14-/m0/s1. The molecule has 0 fully saturated rings. The minimum absolute atomic E-state index is 0.148. The lowest BCUT2D eigenvalue weighted by atomic mass is 9.98. The van der Waals surface area contributed by atoms with E-state index in [2.05, 4.69) is 38.2 Å². The van der Waals surface area contributed by atoms with E-state index in [1.165, 1.54) is 5.56 Å². The van der Waals surface area contributed by atoms with Crippen LogP contribution in [0.5, 0.6) is 0 Å². The summed E-state index contributed by atoms with van der Waals surface area (Å²) in [6.45, 7) is 6.37. The fourth-order valence-corrected chi connectivity index (χ4v) is 2.08.